The van der Waals surface area contributed by atoms with Gasteiger partial charge in [0.1, 0.15) is 11.4 Å². The number of ether oxygens (including phenoxy) is 1. The fourth-order valence-electron chi connectivity index (χ4n) is 4.05. The van der Waals surface area contributed by atoms with Gasteiger partial charge in [0.05, 0.1) is 24.1 Å². The predicted molar refractivity (Wildman–Crippen MR) is 131 cm³/mol. The molecular weight excluding hydrogens is 436 g/mol. The van der Waals surface area contributed by atoms with Crippen LogP contribution in [0.1, 0.15) is 5.56 Å². The van der Waals surface area contributed by atoms with Gasteiger partial charge in [0.25, 0.3) is 11.8 Å². The fourth-order valence-corrected chi connectivity index (χ4v) is 4.23. The first-order chi connectivity index (χ1) is 16.1. The number of halogens is 1. The summed E-state index contributed by atoms with van der Waals surface area (Å²) in [4.78, 5) is 28.7. The number of carbonyl (C=O) groups is 2. The lowest BCUT2D eigenvalue weighted by atomic mass is 10.0. The van der Waals surface area contributed by atoms with E-state index in [1.165, 1.54) is 12.0 Å². The SMILES string of the molecule is COc1ccc(Cl)cc1NC1=C(c2ccccc2)C(=O)N(c2cccc3ccccc23)C1=O. The second kappa shape index (κ2) is 8.45. The van der Waals surface area contributed by atoms with E-state index in [1.54, 1.807) is 24.3 Å². The third-order valence-corrected chi connectivity index (χ3v) is 5.81. The summed E-state index contributed by atoms with van der Waals surface area (Å²) >= 11 is 6.19. The van der Waals surface area contributed by atoms with Crippen molar-refractivity contribution in [3.8, 4) is 5.75 Å². The number of methoxy groups -OCH3 is 1. The normalized spacial score (nSPS) is 13.7. The molecule has 5 nitrogen and oxygen atoms in total. The minimum Gasteiger partial charge on any atom is -0.495 e. The van der Waals surface area contributed by atoms with Crippen LogP contribution in [0.25, 0.3) is 16.3 Å². The molecule has 6 heteroatoms. The van der Waals surface area contributed by atoms with Crippen molar-refractivity contribution in [1.82, 2.24) is 0 Å². The highest BCUT2D eigenvalue weighted by Crippen LogP contribution is 2.38. The molecule has 0 spiro atoms. The summed E-state index contributed by atoms with van der Waals surface area (Å²) in [5.41, 5.74) is 2.12. The molecule has 0 aliphatic carbocycles. The third-order valence-electron chi connectivity index (χ3n) is 5.58. The lowest BCUT2D eigenvalue weighted by Crippen LogP contribution is -2.32. The summed E-state index contributed by atoms with van der Waals surface area (Å²) in [6.45, 7) is 0. The zero-order chi connectivity index (χ0) is 22.9. The van der Waals surface area contributed by atoms with Gasteiger partial charge >= 0.3 is 0 Å². The molecule has 0 unspecified atom stereocenters. The minimum absolute atomic E-state index is 0.166. The number of imide groups is 1. The molecule has 162 valence electrons. The molecule has 2 amide bonds. The number of hydrogen-bond donors (Lipinski definition) is 1. The first kappa shape index (κ1) is 20.8. The number of benzene rings is 4. The van der Waals surface area contributed by atoms with Crippen molar-refractivity contribution in [2.45, 2.75) is 0 Å². The summed E-state index contributed by atoms with van der Waals surface area (Å²) in [5.74, 6) is -0.341. The molecule has 0 saturated heterocycles. The van der Waals surface area contributed by atoms with E-state index in [-0.39, 0.29) is 11.3 Å². The number of rotatable bonds is 5. The lowest BCUT2D eigenvalue weighted by molar-refractivity contribution is -0.120. The predicted octanol–water partition coefficient (Wildman–Crippen LogP) is 5.90. The highest BCUT2D eigenvalue weighted by atomic mass is 35.5. The van der Waals surface area contributed by atoms with E-state index in [4.69, 9.17) is 16.3 Å². The Morgan fingerprint density at radius 3 is 2.33 bits per heavy atom. The summed E-state index contributed by atoms with van der Waals surface area (Å²) in [6.07, 6.45) is 0. The average Bonchev–Trinajstić information content (AvgIpc) is 3.08. The number of anilines is 2. The summed E-state index contributed by atoms with van der Waals surface area (Å²) < 4.78 is 5.43. The molecule has 0 fully saturated rings. The zero-order valence-electron chi connectivity index (χ0n) is 17.7. The van der Waals surface area contributed by atoms with Crippen molar-refractivity contribution in [3.05, 3.63) is 107 Å². The topological polar surface area (TPSA) is 58.6 Å². The van der Waals surface area contributed by atoms with Gasteiger partial charge in [0.2, 0.25) is 0 Å². The van der Waals surface area contributed by atoms with Crippen molar-refractivity contribution in [2.24, 2.45) is 0 Å². The van der Waals surface area contributed by atoms with Crippen LogP contribution < -0.4 is 15.0 Å². The largest absolute Gasteiger partial charge is 0.495 e. The molecule has 1 heterocycles. The second-order valence-corrected chi connectivity index (χ2v) is 7.97. The zero-order valence-corrected chi connectivity index (χ0v) is 18.5. The molecule has 4 aromatic rings. The molecule has 0 aromatic heterocycles. The van der Waals surface area contributed by atoms with Gasteiger partial charge in [-0.1, -0.05) is 78.3 Å². The maximum atomic E-state index is 13.7. The van der Waals surface area contributed by atoms with Crippen molar-refractivity contribution in [2.75, 3.05) is 17.3 Å². The number of nitrogens with zero attached hydrogens (tertiary/aromatic N) is 1. The van der Waals surface area contributed by atoms with Crippen LogP contribution in [0.4, 0.5) is 11.4 Å². The van der Waals surface area contributed by atoms with E-state index in [9.17, 15) is 9.59 Å². The summed E-state index contributed by atoms with van der Waals surface area (Å²) in [7, 11) is 1.53. The van der Waals surface area contributed by atoms with Gasteiger partial charge in [0.15, 0.2) is 0 Å². The van der Waals surface area contributed by atoms with E-state index in [1.807, 2.05) is 66.7 Å². The minimum atomic E-state index is -0.447. The van der Waals surface area contributed by atoms with Crippen molar-refractivity contribution < 1.29 is 14.3 Å². The van der Waals surface area contributed by atoms with Crippen LogP contribution in [0.5, 0.6) is 5.75 Å². The van der Waals surface area contributed by atoms with Gasteiger partial charge in [-0.2, -0.15) is 0 Å². The van der Waals surface area contributed by atoms with Crippen LogP contribution in [-0.2, 0) is 9.59 Å². The number of fused-ring (bicyclic) bond motifs is 1. The van der Waals surface area contributed by atoms with Gasteiger partial charge in [-0.05, 0) is 35.2 Å². The molecule has 1 aliphatic rings. The molecule has 0 bridgehead atoms. The van der Waals surface area contributed by atoms with Crippen molar-refractivity contribution in [1.29, 1.82) is 0 Å². The Labute approximate surface area is 195 Å². The lowest BCUT2D eigenvalue weighted by Gasteiger charge is -2.18. The summed E-state index contributed by atoms with van der Waals surface area (Å²) in [6, 6.07) is 27.4. The molecule has 33 heavy (non-hydrogen) atoms. The fraction of sp³-hybridized carbons (Fsp3) is 0.0370. The number of nitrogens with one attached hydrogen (secondary N) is 1. The molecular formula is C27H19ClN2O3. The molecule has 5 rings (SSSR count). The molecule has 1 aliphatic heterocycles. The second-order valence-electron chi connectivity index (χ2n) is 7.53. The first-order valence-corrected chi connectivity index (χ1v) is 10.7. The van der Waals surface area contributed by atoms with E-state index >= 15 is 0 Å². The van der Waals surface area contributed by atoms with Crippen molar-refractivity contribution in [3.63, 3.8) is 0 Å². The highest BCUT2D eigenvalue weighted by molar-refractivity contribution is 6.47. The van der Waals surface area contributed by atoms with E-state index in [2.05, 4.69) is 5.32 Å². The quantitative estimate of drug-likeness (QED) is 0.381. The Bertz CT molecular complexity index is 1420. The average molecular weight is 455 g/mol. The van der Waals surface area contributed by atoms with Crippen LogP contribution in [-0.4, -0.2) is 18.9 Å². The molecule has 0 atom stereocenters. The highest BCUT2D eigenvalue weighted by Gasteiger charge is 2.41. The number of hydrogen-bond acceptors (Lipinski definition) is 4. The van der Waals surface area contributed by atoms with Gasteiger partial charge in [-0.15, -0.1) is 0 Å². The smallest absolute Gasteiger partial charge is 0.282 e. The monoisotopic (exact) mass is 454 g/mol. The Kier molecular flexibility index (Phi) is 5.32. The van der Waals surface area contributed by atoms with Gasteiger partial charge in [-0.25, -0.2) is 4.90 Å². The van der Waals surface area contributed by atoms with Crippen LogP contribution >= 0.6 is 11.6 Å². The third kappa shape index (κ3) is 3.62. The van der Waals surface area contributed by atoms with Gasteiger partial charge < -0.3 is 10.1 Å². The first-order valence-electron chi connectivity index (χ1n) is 10.4. The molecule has 0 radical (unpaired) electrons. The Balaban J connectivity index is 1.68. The Hall–Kier alpha value is -4.09. The van der Waals surface area contributed by atoms with Crippen LogP contribution in [0.2, 0.25) is 5.02 Å². The molecule has 4 aromatic carbocycles. The van der Waals surface area contributed by atoms with Gasteiger partial charge in [-0.3, -0.25) is 9.59 Å². The maximum absolute atomic E-state index is 13.7. The summed E-state index contributed by atoms with van der Waals surface area (Å²) in [5, 5.41) is 5.37. The molecule has 1 N–H and O–H groups in total. The number of carbonyl (C=O) groups excluding carboxylic acids is 2. The van der Waals surface area contributed by atoms with Crippen molar-refractivity contribution >= 4 is 51.1 Å². The van der Waals surface area contributed by atoms with Gasteiger partial charge in [0, 0.05) is 10.4 Å². The van der Waals surface area contributed by atoms with E-state index in [0.29, 0.717) is 27.7 Å². The van der Waals surface area contributed by atoms with E-state index in [0.717, 1.165) is 10.8 Å². The number of amides is 2. The van der Waals surface area contributed by atoms with Crippen LogP contribution in [0, 0.1) is 0 Å². The maximum Gasteiger partial charge on any atom is 0.282 e. The van der Waals surface area contributed by atoms with Crippen LogP contribution in [0.3, 0.4) is 0 Å². The standard InChI is InChI=1S/C27H19ClN2O3/c1-33-23-15-14-19(28)16-21(23)29-25-24(18-9-3-2-4-10-18)26(31)30(27(25)32)22-13-7-11-17-8-5-6-12-20(17)22/h2-16,29H,1H3. The van der Waals surface area contributed by atoms with Crippen LogP contribution in [0.15, 0.2) is 96.7 Å². The molecule has 0 saturated carbocycles. The van der Waals surface area contributed by atoms with E-state index < -0.39 is 11.8 Å². The Morgan fingerprint density at radius 2 is 1.55 bits per heavy atom. The Morgan fingerprint density at radius 1 is 0.818 bits per heavy atom.